The Morgan fingerprint density at radius 3 is 2.09 bits per heavy atom. The first-order valence-corrected chi connectivity index (χ1v) is 11.4. The molecule has 0 aliphatic heterocycles. The van der Waals surface area contributed by atoms with E-state index in [4.69, 9.17) is 0 Å². The predicted molar refractivity (Wildman–Crippen MR) is 131 cm³/mol. The van der Waals surface area contributed by atoms with Gasteiger partial charge >= 0.3 is 51.4 Å². The molecular formula is C29H35KO2. The van der Waals surface area contributed by atoms with E-state index in [1.54, 1.807) is 0 Å². The van der Waals surface area contributed by atoms with Gasteiger partial charge in [0.25, 0.3) is 0 Å². The van der Waals surface area contributed by atoms with Crippen molar-refractivity contribution in [1.29, 1.82) is 0 Å². The van der Waals surface area contributed by atoms with Crippen LogP contribution >= 0.6 is 0 Å². The number of benzene rings is 2. The first-order valence-electron chi connectivity index (χ1n) is 11.4. The second-order valence-electron chi connectivity index (χ2n) is 10.6. The van der Waals surface area contributed by atoms with Gasteiger partial charge in [-0.05, 0) is 76.0 Å². The van der Waals surface area contributed by atoms with Crippen molar-refractivity contribution in [2.45, 2.75) is 77.6 Å². The van der Waals surface area contributed by atoms with Crippen molar-refractivity contribution in [3.63, 3.8) is 0 Å². The van der Waals surface area contributed by atoms with Crippen molar-refractivity contribution in [2.75, 3.05) is 0 Å². The largest absolute Gasteiger partial charge is 1.00 e. The minimum absolute atomic E-state index is 0. The third kappa shape index (κ3) is 4.65. The fraction of sp³-hybridized carbons (Fsp3) is 0.414. The van der Waals surface area contributed by atoms with E-state index in [1.807, 2.05) is 24.3 Å². The minimum atomic E-state index is 0. The van der Waals surface area contributed by atoms with Crippen LogP contribution in [0.1, 0.15) is 94.6 Å². The van der Waals surface area contributed by atoms with Crippen LogP contribution < -0.4 is 51.4 Å². The Kier molecular flexibility index (Phi) is 7.49. The zero-order valence-corrected chi connectivity index (χ0v) is 23.7. The summed E-state index contributed by atoms with van der Waals surface area (Å²) in [6.45, 7) is 16.0. The van der Waals surface area contributed by atoms with E-state index >= 15 is 0 Å². The van der Waals surface area contributed by atoms with Crippen molar-refractivity contribution in [3.05, 3.63) is 82.1 Å². The van der Waals surface area contributed by atoms with Crippen molar-refractivity contribution in [1.82, 2.24) is 0 Å². The minimum Gasteiger partial charge on any atom is -1.00 e. The van der Waals surface area contributed by atoms with Crippen LogP contribution in [0.25, 0.3) is 11.1 Å². The monoisotopic (exact) mass is 454 g/mol. The predicted octanol–water partition coefficient (Wildman–Crippen LogP) is 4.54. The molecule has 2 aliphatic carbocycles. The number of rotatable bonds is 3. The molecular weight excluding hydrogens is 419 g/mol. The molecule has 3 heteroatoms. The van der Waals surface area contributed by atoms with Crippen LogP contribution in [-0.4, -0.2) is 10.9 Å². The first kappa shape index (κ1) is 25.6. The molecule has 2 aliphatic rings. The maximum absolute atomic E-state index is 12.3. The van der Waals surface area contributed by atoms with Crippen LogP contribution in [-0.2, 0) is 15.6 Å². The van der Waals surface area contributed by atoms with E-state index in [2.05, 4.69) is 53.3 Å². The molecule has 0 heterocycles. The Bertz CT molecular complexity index is 1110. The number of aliphatic hydroxyl groups excluding tert-OH is 1. The third-order valence-electron chi connectivity index (χ3n) is 7.43. The Morgan fingerprint density at radius 2 is 1.53 bits per heavy atom. The number of allylic oxidation sites excluding steroid dienone is 2. The Morgan fingerprint density at radius 1 is 0.969 bits per heavy atom. The first-order chi connectivity index (χ1) is 14.5. The van der Waals surface area contributed by atoms with Gasteiger partial charge in [-0.15, -0.1) is 0 Å². The van der Waals surface area contributed by atoms with Crippen LogP contribution in [0.15, 0.2) is 48.7 Å². The van der Waals surface area contributed by atoms with Gasteiger partial charge in [-0.3, -0.25) is 4.79 Å². The number of aryl methyl sites for hydroxylation is 1. The molecule has 0 fully saturated rings. The number of ketones is 1. The van der Waals surface area contributed by atoms with E-state index < -0.39 is 0 Å². The van der Waals surface area contributed by atoms with Gasteiger partial charge in [-0.1, -0.05) is 70.7 Å². The quantitative estimate of drug-likeness (QED) is 0.691. The van der Waals surface area contributed by atoms with Crippen LogP contribution in [0, 0.1) is 6.92 Å². The molecule has 0 atom stereocenters. The van der Waals surface area contributed by atoms with Gasteiger partial charge in [0, 0.05) is 12.8 Å². The Hall–Kier alpha value is -0.974. The molecule has 0 saturated carbocycles. The van der Waals surface area contributed by atoms with E-state index in [0.29, 0.717) is 18.4 Å². The van der Waals surface area contributed by atoms with Gasteiger partial charge in [0.05, 0.1) is 5.57 Å². The van der Waals surface area contributed by atoms with Crippen molar-refractivity contribution in [3.8, 4) is 0 Å². The average molecular weight is 455 g/mol. The van der Waals surface area contributed by atoms with Gasteiger partial charge in [0.1, 0.15) is 5.76 Å². The number of Topliss-reactive ketones (excluding diaryl/α,β-unsaturated/α-hetero) is 1. The van der Waals surface area contributed by atoms with Crippen molar-refractivity contribution < 1.29 is 62.7 Å². The summed E-state index contributed by atoms with van der Waals surface area (Å²) in [6.07, 6.45) is 4.21. The van der Waals surface area contributed by atoms with Gasteiger partial charge < -0.3 is 6.53 Å². The molecule has 0 aromatic heterocycles. The van der Waals surface area contributed by atoms with Crippen LogP contribution in [0.5, 0.6) is 0 Å². The van der Waals surface area contributed by atoms with Crippen LogP contribution in [0.2, 0.25) is 0 Å². The summed E-state index contributed by atoms with van der Waals surface area (Å²) in [7, 11) is 0. The van der Waals surface area contributed by atoms with E-state index in [1.165, 1.54) is 35.1 Å². The summed E-state index contributed by atoms with van der Waals surface area (Å²) >= 11 is 0. The second kappa shape index (κ2) is 9.35. The van der Waals surface area contributed by atoms with Crippen LogP contribution in [0.3, 0.4) is 0 Å². The van der Waals surface area contributed by atoms with Crippen LogP contribution in [0.4, 0.5) is 0 Å². The van der Waals surface area contributed by atoms with Crippen molar-refractivity contribution in [2.24, 2.45) is 0 Å². The molecule has 0 unspecified atom stereocenters. The average Bonchev–Trinajstić information content (AvgIpc) is 2.71. The number of hydrogen-bond donors (Lipinski definition) is 1. The number of carbonyl (C=O) groups excluding carboxylic acids is 1. The zero-order valence-electron chi connectivity index (χ0n) is 21.6. The van der Waals surface area contributed by atoms with Gasteiger partial charge in [-0.25, -0.2) is 0 Å². The molecule has 4 rings (SSSR count). The molecule has 0 saturated heterocycles. The maximum Gasteiger partial charge on any atom is 1.00 e. The summed E-state index contributed by atoms with van der Waals surface area (Å²) in [4.78, 5) is 12.3. The van der Waals surface area contributed by atoms with E-state index in [9.17, 15) is 9.90 Å². The molecule has 0 radical (unpaired) electrons. The topological polar surface area (TPSA) is 37.3 Å². The smallest absolute Gasteiger partial charge is 1.00 e. The SMILES string of the molecule is C=C(c1ccc(C2=C(O)CCCC2=O)cc1)c1cc2c(cc1C)C(C)(C)CCC2(C)C.[H-].[K+]. The summed E-state index contributed by atoms with van der Waals surface area (Å²) in [5.74, 6) is 0.254. The molecule has 2 nitrogen and oxygen atoms in total. The molecule has 1 N–H and O–H groups in total. The number of aliphatic hydroxyl groups is 1. The Balaban J connectivity index is 0.00000193. The summed E-state index contributed by atoms with van der Waals surface area (Å²) in [5.41, 5.74) is 9.01. The zero-order chi connectivity index (χ0) is 22.6. The van der Waals surface area contributed by atoms with Gasteiger partial charge in [-0.2, -0.15) is 0 Å². The fourth-order valence-electron chi connectivity index (χ4n) is 5.20. The number of fused-ring (bicyclic) bond motifs is 1. The molecule has 0 spiro atoms. The van der Waals surface area contributed by atoms with Gasteiger partial charge in [0.15, 0.2) is 5.78 Å². The van der Waals surface area contributed by atoms with E-state index in [-0.39, 0.29) is 75.2 Å². The number of hydrogen-bond acceptors (Lipinski definition) is 2. The second-order valence-corrected chi connectivity index (χ2v) is 10.6. The normalized spacial score (nSPS) is 19.2. The molecule has 0 amide bonds. The van der Waals surface area contributed by atoms with Gasteiger partial charge in [0.2, 0.25) is 0 Å². The molecule has 164 valence electrons. The molecule has 32 heavy (non-hydrogen) atoms. The Labute approximate surface area is 237 Å². The summed E-state index contributed by atoms with van der Waals surface area (Å²) in [5, 5.41) is 10.2. The van der Waals surface area contributed by atoms with Crippen molar-refractivity contribution >= 4 is 16.9 Å². The number of carbonyl (C=O) groups is 1. The molecule has 0 bridgehead atoms. The molecule has 2 aromatic carbocycles. The van der Waals surface area contributed by atoms with E-state index in [0.717, 1.165) is 23.1 Å². The molecule has 2 aromatic rings. The summed E-state index contributed by atoms with van der Waals surface area (Å²) < 4.78 is 0. The third-order valence-corrected chi connectivity index (χ3v) is 7.43. The summed E-state index contributed by atoms with van der Waals surface area (Å²) in [6, 6.07) is 12.7. The maximum atomic E-state index is 12.3. The fourth-order valence-corrected chi connectivity index (χ4v) is 5.20. The standard InChI is InChI=1S/C29H34O2.K.H/c1-18-16-23-24(29(5,6)15-14-28(23,3)4)17-22(18)19(2)20-10-12-21(13-11-20)27-25(30)8-7-9-26(27)31;;/h10-13,16-17,30H,2,7-9,14-15H2,1,3-6H3;;/q;+1;-1.